The average molecular weight is 258 g/mol. The van der Waals surface area contributed by atoms with Gasteiger partial charge < -0.3 is 5.32 Å². The summed E-state index contributed by atoms with van der Waals surface area (Å²) in [5.74, 6) is 0.277. The van der Waals surface area contributed by atoms with Crippen LogP contribution in [0.5, 0.6) is 0 Å². The molecule has 0 aliphatic carbocycles. The van der Waals surface area contributed by atoms with Gasteiger partial charge in [0.15, 0.2) is 0 Å². The van der Waals surface area contributed by atoms with Gasteiger partial charge in [-0.25, -0.2) is 0 Å². The van der Waals surface area contributed by atoms with E-state index < -0.39 is 0 Å². The average Bonchev–Trinajstić information content (AvgIpc) is 2.37. The lowest BCUT2D eigenvalue weighted by Gasteiger charge is -2.11. The van der Waals surface area contributed by atoms with Crippen molar-refractivity contribution in [1.29, 1.82) is 5.26 Å². The van der Waals surface area contributed by atoms with E-state index in [2.05, 4.69) is 25.2 Å². The van der Waals surface area contributed by atoms with E-state index in [1.54, 1.807) is 0 Å². The molecule has 19 heavy (non-hydrogen) atoms. The second-order valence-corrected chi connectivity index (χ2v) is 5.33. The van der Waals surface area contributed by atoms with Crippen LogP contribution in [0.2, 0.25) is 0 Å². The number of aryl methyl sites for hydroxylation is 1. The number of carbonyl (C=O) groups is 1. The molecule has 1 amide bonds. The van der Waals surface area contributed by atoms with Crippen LogP contribution in [0, 0.1) is 24.2 Å². The van der Waals surface area contributed by atoms with Gasteiger partial charge in [0.2, 0.25) is 5.91 Å². The molecule has 1 aromatic rings. The zero-order chi connectivity index (χ0) is 14.3. The third kappa shape index (κ3) is 5.56. The molecule has 0 heterocycles. The van der Waals surface area contributed by atoms with E-state index >= 15 is 0 Å². The number of carbonyl (C=O) groups excluding carboxylic acids is 1. The molecule has 0 fully saturated rings. The summed E-state index contributed by atoms with van der Waals surface area (Å²) in [6.07, 6.45) is 0.975. The topological polar surface area (TPSA) is 52.9 Å². The number of nitriles is 1. The molecule has 1 rings (SSSR count). The highest BCUT2D eigenvalue weighted by Gasteiger charge is 2.13. The summed E-state index contributed by atoms with van der Waals surface area (Å²) in [5.41, 5.74) is 2.14. The highest BCUT2D eigenvalue weighted by Crippen LogP contribution is 2.21. The van der Waals surface area contributed by atoms with E-state index in [0.717, 1.165) is 11.1 Å². The number of nitrogens with zero attached hydrogens (tertiary/aromatic N) is 1. The molecule has 3 nitrogen and oxygen atoms in total. The summed E-state index contributed by atoms with van der Waals surface area (Å²) in [5, 5.41) is 12.1. The molecule has 1 unspecified atom stereocenters. The summed E-state index contributed by atoms with van der Waals surface area (Å²) >= 11 is 0. The first-order valence-corrected chi connectivity index (χ1v) is 6.75. The third-order valence-corrected chi connectivity index (χ3v) is 2.97. The van der Waals surface area contributed by atoms with Crippen molar-refractivity contribution in [3.63, 3.8) is 0 Å². The van der Waals surface area contributed by atoms with Gasteiger partial charge in [-0.05, 0) is 24.8 Å². The van der Waals surface area contributed by atoms with Crippen LogP contribution in [0.25, 0.3) is 0 Å². The lowest BCUT2D eigenvalue weighted by molar-refractivity contribution is -0.121. The van der Waals surface area contributed by atoms with Crippen LogP contribution in [-0.2, 0) is 4.79 Å². The minimum Gasteiger partial charge on any atom is -0.356 e. The Labute approximate surface area is 115 Å². The maximum Gasteiger partial charge on any atom is 0.220 e. The molecule has 0 spiro atoms. The van der Waals surface area contributed by atoms with Gasteiger partial charge in [-0.3, -0.25) is 4.79 Å². The van der Waals surface area contributed by atoms with Crippen molar-refractivity contribution in [2.45, 2.75) is 39.5 Å². The number of hydrogen-bond acceptors (Lipinski definition) is 2. The van der Waals surface area contributed by atoms with Crippen molar-refractivity contribution in [3.05, 3.63) is 35.4 Å². The molecule has 0 saturated carbocycles. The Morgan fingerprint density at radius 1 is 1.42 bits per heavy atom. The first-order valence-electron chi connectivity index (χ1n) is 6.75. The largest absolute Gasteiger partial charge is 0.356 e. The van der Waals surface area contributed by atoms with Gasteiger partial charge in [0.1, 0.15) is 0 Å². The molecular formula is C16H22N2O. The highest BCUT2D eigenvalue weighted by atomic mass is 16.1. The van der Waals surface area contributed by atoms with Crippen LogP contribution in [0.1, 0.15) is 43.7 Å². The summed E-state index contributed by atoms with van der Waals surface area (Å²) in [4.78, 5) is 11.6. The monoisotopic (exact) mass is 258 g/mol. The van der Waals surface area contributed by atoms with Crippen molar-refractivity contribution in [3.8, 4) is 6.07 Å². The number of rotatable bonds is 6. The van der Waals surface area contributed by atoms with E-state index in [1.165, 1.54) is 0 Å². The molecule has 102 valence electrons. The highest BCUT2D eigenvalue weighted by molar-refractivity contribution is 5.75. The predicted octanol–water partition coefficient (Wildman–Crippen LogP) is 3.15. The molecule has 1 atom stereocenters. The van der Waals surface area contributed by atoms with Crippen molar-refractivity contribution in [2.24, 2.45) is 5.92 Å². The molecule has 1 aromatic carbocycles. The van der Waals surface area contributed by atoms with Crippen LogP contribution in [0.15, 0.2) is 24.3 Å². The van der Waals surface area contributed by atoms with Gasteiger partial charge >= 0.3 is 0 Å². The zero-order valence-corrected chi connectivity index (χ0v) is 11.9. The Morgan fingerprint density at radius 3 is 2.74 bits per heavy atom. The van der Waals surface area contributed by atoms with Crippen molar-refractivity contribution in [2.75, 3.05) is 6.54 Å². The fraction of sp³-hybridized carbons (Fsp3) is 0.500. The fourth-order valence-corrected chi connectivity index (χ4v) is 1.87. The van der Waals surface area contributed by atoms with Crippen LogP contribution in [0.3, 0.4) is 0 Å². The van der Waals surface area contributed by atoms with Crippen LogP contribution >= 0.6 is 0 Å². The van der Waals surface area contributed by atoms with E-state index in [9.17, 15) is 10.1 Å². The molecule has 0 saturated heterocycles. The van der Waals surface area contributed by atoms with Crippen LogP contribution in [0.4, 0.5) is 0 Å². The van der Waals surface area contributed by atoms with Crippen molar-refractivity contribution in [1.82, 2.24) is 5.32 Å². The van der Waals surface area contributed by atoms with Gasteiger partial charge in [0.05, 0.1) is 12.0 Å². The standard InChI is InChI=1S/C16H22N2O/c1-12(2)11-18-16(19)8-7-15(10-17)14-6-4-5-13(3)9-14/h4-6,9,12,15H,7-8,11H2,1-3H3,(H,18,19). The number of nitrogens with one attached hydrogen (secondary N) is 1. The van der Waals surface area contributed by atoms with Gasteiger partial charge in [0.25, 0.3) is 0 Å². The quantitative estimate of drug-likeness (QED) is 0.852. The van der Waals surface area contributed by atoms with E-state index in [0.29, 0.717) is 25.3 Å². The van der Waals surface area contributed by atoms with Gasteiger partial charge in [-0.1, -0.05) is 43.7 Å². The molecule has 0 aliphatic heterocycles. The Morgan fingerprint density at radius 2 is 2.16 bits per heavy atom. The van der Waals surface area contributed by atoms with Gasteiger partial charge in [-0.15, -0.1) is 0 Å². The molecule has 0 aromatic heterocycles. The van der Waals surface area contributed by atoms with E-state index in [-0.39, 0.29) is 11.8 Å². The van der Waals surface area contributed by atoms with Gasteiger partial charge in [-0.2, -0.15) is 5.26 Å². The number of hydrogen-bond donors (Lipinski definition) is 1. The minimum absolute atomic E-state index is 0.0293. The summed E-state index contributed by atoms with van der Waals surface area (Å²) < 4.78 is 0. The molecule has 0 bridgehead atoms. The molecule has 0 radical (unpaired) electrons. The third-order valence-electron chi connectivity index (χ3n) is 2.97. The second-order valence-electron chi connectivity index (χ2n) is 5.33. The molecule has 0 aliphatic rings. The van der Waals surface area contributed by atoms with E-state index in [1.807, 2.05) is 31.2 Å². The molecular weight excluding hydrogens is 236 g/mol. The van der Waals surface area contributed by atoms with Crippen LogP contribution < -0.4 is 5.32 Å². The number of amides is 1. The maximum absolute atomic E-state index is 11.6. The van der Waals surface area contributed by atoms with Crippen molar-refractivity contribution >= 4 is 5.91 Å². The second kappa shape index (κ2) is 7.58. The van der Waals surface area contributed by atoms with Crippen LogP contribution in [-0.4, -0.2) is 12.5 Å². The van der Waals surface area contributed by atoms with E-state index in [4.69, 9.17) is 0 Å². The Balaban J connectivity index is 2.50. The normalized spacial score (nSPS) is 11.9. The molecule has 3 heteroatoms. The lowest BCUT2D eigenvalue weighted by Crippen LogP contribution is -2.27. The van der Waals surface area contributed by atoms with Gasteiger partial charge in [0, 0.05) is 13.0 Å². The lowest BCUT2D eigenvalue weighted by atomic mass is 9.94. The Hall–Kier alpha value is -1.82. The zero-order valence-electron chi connectivity index (χ0n) is 11.9. The maximum atomic E-state index is 11.6. The smallest absolute Gasteiger partial charge is 0.220 e. The Bertz CT molecular complexity index is 460. The summed E-state index contributed by atoms with van der Waals surface area (Å²) in [6, 6.07) is 10.2. The SMILES string of the molecule is Cc1cccc(C(C#N)CCC(=O)NCC(C)C)c1. The first kappa shape index (κ1) is 15.2. The summed E-state index contributed by atoms with van der Waals surface area (Å²) in [6.45, 7) is 6.82. The first-order chi connectivity index (χ1) is 9.02. The summed E-state index contributed by atoms with van der Waals surface area (Å²) in [7, 11) is 0. The molecule has 1 N–H and O–H groups in total. The number of benzene rings is 1. The van der Waals surface area contributed by atoms with Crippen molar-refractivity contribution < 1.29 is 4.79 Å². The fourth-order valence-electron chi connectivity index (χ4n) is 1.87. The minimum atomic E-state index is -0.204. The Kier molecular flexibility index (Phi) is 6.08. The predicted molar refractivity (Wildman–Crippen MR) is 76.6 cm³/mol.